The number of benzene rings is 3. The molecule has 0 atom stereocenters. The molecule has 2 N–H and O–H groups in total. The Balaban J connectivity index is 1.35. The number of rotatable bonds is 11. The lowest BCUT2D eigenvalue weighted by atomic mass is 10.2. The maximum absolute atomic E-state index is 12.3. The Kier molecular flexibility index (Phi) is 8.18. The zero-order valence-corrected chi connectivity index (χ0v) is 19.8. The van der Waals surface area contributed by atoms with Crippen LogP contribution in [0.1, 0.15) is 17.8 Å². The molecular weight excluding hydrogens is 446 g/mol. The zero-order chi connectivity index (χ0) is 23.6. The molecule has 0 spiro atoms. The Morgan fingerprint density at radius 2 is 1.62 bits per heavy atom. The van der Waals surface area contributed by atoms with E-state index in [-0.39, 0.29) is 5.91 Å². The van der Waals surface area contributed by atoms with Gasteiger partial charge in [0.25, 0.3) is 0 Å². The number of thioether (sulfide) groups is 1. The highest BCUT2D eigenvalue weighted by Gasteiger charge is 2.15. The average molecular weight is 474 g/mol. The molecule has 8 heteroatoms. The van der Waals surface area contributed by atoms with Gasteiger partial charge in [-0.15, -0.1) is 10.2 Å². The van der Waals surface area contributed by atoms with Crippen molar-refractivity contribution in [3.63, 3.8) is 0 Å². The number of anilines is 1. The molecule has 4 aromatic rings. The van der Waals surface area contributed by atoms with E-state index in [0.717, 1.165) is 33.7 Å². The van der Waals surface area contributed by atoms with Gasteiger partial charge in [0.2, 0.25) is 5.91 Å². The number of para-hydroxylation sites is 2. The first kappa shape index (κ1) is 23.4. The molecule has 0 radical (unpaired) electrons. The van der Waals surface area contributed by atoms with Crippen LogP contribution in [0, 0.1) is 0 Å². The van der Waals surface area contributed by atoms with Crippen molar-refractivity contribution in [3.05, 3.63) is 96.3 Å². The number of nitrogens with one attached hydrogen (secondary N) is 2. The van der Waals surface area contributed by atoms with Crippen LogP contribution in [0.3, 0.4) is 0 Å². The fourth-order valence-corrected chi connectivity index (χ4v) is 4.26. The van der Waals surface area contributed by atoms with Gasteiger partial charge in [-0.1, -0.05) is 60.3 Å². The van der Waals surface area contributed by atoms with Crippen molar-refractivity contribution in [2.24, 2.45) is 0 Å². The minimum Gasteiger partial charge on any atom is -0.497 e. The number of carbonyl (C=O) groups excluding carboxylic acids is 1. The molecule has 0 aliphatic heterocycles. The van der Waals surface area contributed by atoms with Gasteiger partial charge in [0.15, 0.2) is 11.0 Å². The average Bonchev–Trinajstić information content (AvgIpc) is 3.30. The summed E-state index contributed by atoms with van der Waals surface area (Å²) in [6.07, 6.45) is 0.389. The zero-order valence-electron chi connectivity index (χ0n) is 19.0. The van der Waals surface area contributed by atoms with E-state index >= 15 is 0 Å². The van der Waals surface area contributed by atoms with Gasteiger partial charge < -0.3 is 15.4 Å². The van der Waals surface area contributed by atoms with E-state index in [1.54, 1.807) is 7.11 Å². The lowest BCUT2D eigenvalue weighted by Gasteiger charge is -2.11. The largest absolute Gasteiger partial charge is 0.497 e. The number of hydrogen-bond donors (Lipinski definition) is 2. The molecule has 1 aromatic heterocycles. The Morgan fingerprint density at radius 1 is 0.912 bits per heavy atom. The van der Waals surface area contributed by atoms with Gasteiger partial charge in [-0.2, -0.15) is 0 Å². The third kappa shape index (κ3) is 6.39. The second kappa shape index (κ2) is 11.9. The van der Waals surface area contributed by atoms with Gasteiger partial charge in [-0.3, -0.25) is 9.36 Å². The summed E-state index contributed by atoms with van der Waals surface area (Å²) in [7, 11) is 1.63. The molecule has 0 saturated heterocycles. The highest BCUT2D eigenvalue weighted by Crippen LogP contribution is 2.23. The number of hydrogen-bond acceptors (Lipinski definition) is 6. The molecule has 7 nitrogen and oxygen atoms in total. The van der Waals surface area contributed by atoms with E-state index in [4.69, 9.17) is 4.74 Å². The standard InChI is InChI=1S/C26H27N5O2S/c1-33-23-14-12-20(13-15-23)18-28-25(32)16-17-34-26-30-29-24(19-27-21-8-4-2-5-9-21)31(26)22-10-6-3-7-11-22/h2-15,27H,16-19H2,1H3,(H,28,32). The van der Waals surface area contributed by atoms with Crippen molar-refractivity contribution in [2.75, 3.05) is 18.2 Å². The number of ether oxygens (including phenoxy) is 1. The molecule has 0 saturated carbocycles. The molecule has 0 aliphatic carbocycles. The molecule has 1 amide bonds. The van der Waals surface area contributed by atoms with E-state index in [0.29, 0.717) is 25.3 Å². The molecule has 1 heterocycles. The molecule has 0 unspecified atom stereocenters. The summed E-state index contributed by atoms with van der Waals surface area (Å²) in [5.41, 5.74) is 3.04. The summed E-state index contributed by atoms with van der Waals surface area (Å²) < 4.78 is 7.20. The van der Waals surface area contributed by atoms with Gasteiger partial charge in [-0.25, -0.2) is 0 Å². The lowest BCUT2D eigenvalue weighted by Crippen LogP contribution is -2.23. The first-order valence-corrected chi connectivity index (χ1v) is 12.0. The summed E-state index contributed by atoms with van der Waals surface area (Å²) in [6.45, 7) is 1.03. The van der Waals surface area contributed by atoms with Crippen molar-refractivity contribution < 1.29 is 9.53 Å². The van der Waals surface area contributed by atoms with Gasteiger partial charge >= 0.3 is 0 Å². The van der Waals surface area contributed by atoms with Gasteiger partial charge in [-0.05, 0) is 42.0 Å². The van der Waals surface area contributed by atoms with Crippen LogP contribution in [0.5, 0.6) is 5.75 Å². The maximum atomic E-state index is 12.3. The van der Waals surface area contributed by atoms with E-state index < -0.39 is 0 Å². The summed E-state index contributed by atoms with van der Waals surface area (Å²) in [5.74, 6) is 2.21. The fraction of sp³-hybridized carbons (Fsp3) is 0.192. The van der Waals surface area contributed by atoms with Gasteiger partial charge in [0.05, 0.1) is 13.7 Å². The van der Waals surface area contributed by atoms with Crippen molar-refractivity contribution in [2.45, 2.75) is 24.7 Å². The van der Waals surface area contributed by atoms with E-state index in [1.165, 1.54) is 11.8 Å². The molecular formula is C26H27N5O2S. The second-order valence-corrected chi connectivity index (χ2v) is 8.57. The second-order valence-electron chi connectivity index (χ2n) is 7.51. The van der Waals surface area contributed by atoms with Crippen LogP contribution in [0.2, 0.25) is 0 Å². The Hall–Kier alpha value is -3.78. The predicted octanol–water partition coefficient (Wildman–Crippen LogP) is 4.69. The molecule has 0 bridgehead atoms. The lowest BCUT2D eigenvalue weighted by molar-refractivity contribution is -0.120. The minimum atomic E-state index is 0.0000576. The van der Waals surface area contributed by atoms with E-state index in [1.807, 2.05) is 89.5 Å². The highest BCUT2D eigenvalue weighted by molar-refractivity contribution is 7.99. The Labute approximate surface area is 203 Å². The SMILES string of the molecule is COc1ccc(CNC(=O)CCSc2nnc(CNc3ccccc3)n2-c2ccccc2)cc1. The number of carbonyl (C=O) groups is 1. The smallest absolute Gasteiger partial charge is 0.221 e. The topological polar surface area (TPSA) is 81.1 Å². The van der Waals surface area contributed by atoms with Crippen molar-refractivity contribution in [1.29, 1.82) is 0 Å². The van der Waals surface area contributed by atoms with Gasteiger partial charge in [0.1, 0.15) is 5.75 Å². The van der Waals surface area contributed by atoms with Gasteiger partial charge in [0, 0.05) is 30.1 Å². The molecule has 34 heavy (non-hydrogen) atoms. The van der Waals surface area contributed by atoms with Crippen LogP contribution in [-0.4, -0.2) is 33.5 Å². The van der Waals surface area contributed by atoms with Crippen molar-refractivity contribution in [3.8, 4) is 11.4 Å². The first-order valence-electron chi connectivity index (χ1n) is 11.0. The fourth-order valence-electron chi connectivity index (χ4n) is 3.35. The normalized spacial score (nSPS) is 10.6. The molecule has 0 fully saturated rings. The first-order chi connectivity index (χ1) is 16.7. The summed E-state index contributed by atoms with van der Waals surface area (Å²) in [6, 6.07) is 27.7. The monoisotopic (exact) mass is 473 g/mol. The Morgan fingerprint density at radius 3 is 2.32 bits per heavy atom. The minimum absolute atomic E-state index is 0.0000576. The quantitative estimate of drug-likeness (QED) is 0.308. The summed E-state index contributed by atoms with van der Waals surface area (Å²) in [5, 5.41) is 15.9. The summed E-state index contributed by atoms with van der Waals surface area (Å²) >= 11 is 1.52. The molecule has 0 aliphatic rings. The predicted molar refractivity (Wildman–Crippen MR) is 135 cm³/mol. The Bertz CT molecular complexity index is 1180. The van der Waals surface area contributed by atoms with Crippen LogP contribution < -0.4 is 15.4 Å². The van der Waals surface area contributed by atoms with E-state index in [9.17, 15) is 4.79 Å². The molecule has 174 valence electrons. The summed E-state index contributed by atoms with van der Waals surface area (Å²) in [4.78, 5) is 12.3. The van der Waals surface area contributed by atoms with E-state index in [2.05, 4.69) is 20.8 Å². The van der Waals surface area contributed by atoms with Crippen LogP contribution in [0.25, 0.3) is 5.69 Å². The highest BCUT2D eigenvalue weighted by atomic mass is 32.2. The van der Waals surface area contributed by atoms with Crippen LogP contribution in [-0.2, 0) is 17.9 Å². The number of nitrogens with zero attached hydrogens (tertiary/aromatic N) is 3. The van der Waals surface area contributed by atoms with Crippen LogP contribution >= 0.6 is 11.8 Å². The number of methoxy groups -OCH3 is 1. The molecule has 4 rings (SSSR count). The van der Waals surface area contributed by atoms with Crippen LogP contribution in [0.4, 0.5) is 5.69 Å². The third-order valence-corrected chi connectivity index (χ3v) is 6.08. The third-order valence-electron chi connectivity index (χ3n) is 5.15. The van der Waals surface area contributed by atoms with Crippen molar-refractivity contribution >= 4 is 23.4 Å². The maximum Gasteiger partial charge on any atom is 0.221 e. The van der Waals surface area contributed by atoms with Crippen molar-refractivity contribution in [1.82, 2.24) is 20.1 Å². The number of amides is 1. The molecule has 3 aromatic carbocycles. The number of aromatic nitrogens is 3. The van der Waals surface area contributed by atoms with Crippen LogP contribution in [0.15, 0.2) is 90.1 Å².